The van der Waals surface area contributed by atoms with Crippen LogP contribution in [0.25, 0.3) is 0 Å². The molecule has 0 bridgehead atoms. The number of hydrogen-bond donors (Lipinski definition) is 1. The van der Waals surface area contributed by atoms with E-state index in [1.807, 2.05) is 0 Å². The van der Waals surface area contributed by atoms with Crippen molar-refractivity contribution in [1.82, 2.24) is 4.98 Å². The van der Waals surface area contributed by atoms with Gasteiger partial charge >= 0.3 is 0 Å². The maximum Gasteiger partial charge on any atom is 0.138 e. The van der Waals surface area contributed by atoms with Crippen LogP contribution < -0.4 is 4.74 Å². The van der Waals surface area contributed by atoms with Crippen molar-refractivity contribution in [2.75, 3.05) is 0 Å². The van der Waals surface area contributed by atoms with Gasteiger partial charge in [0, 0.05) is 5.56 Å². The minimum absolute atomic E-state index is 0.0796. The number of aromatic nitrogens is 1. The fraction of sp³-hybridized carbons (Fsp3) is 0.154. The number of hydrogen-bond acceptors (Lipinski definition) is 3. The van der Waals surface area contributed by atoms with E-state index in [1.54, 1.807) is 12.1 Å². The first-order valence-corrected chi connectivity index (χ1v) is 5.31. The molecule has 0 atom stereocenters. The van der Waals surface area contributed by atoms with Gasteiger partial charge in [0.05, 0.1) is 18.5 Å². The second kappa shape index (κ2) is 5.55. The predicted octanol–water partition coefficient (Wildman–Crippen LogP) is 2.43. The fourth-order valence-electron chi connectivity index (χ4n) is 1.40. The summed E-state index contributed by atoms with van der Waals surface area (Å²) in [6.07, 6.45) is 1.42. The average molecular weight is 251 g/mol. The van der Waals surface area contributed by atoms with Crippen LogP contribution in [0.1, 0.15) is 11.3 Å². The van der Waals surface area contributed by atoms with Crippen molar-refractivity contribution in [3.05, 3.63) is 59.4 Å². The number of halogens is 2. The Morgan fingerprint density at radius 2 is 2.00 bits per heavy atom. The van der Waals surface area contributed by atoms with Crippen molar-refractivity contribution < 1.29 is 18.6 Å². The van der Waals surface area contributed by atoms with Crippen LogP contribution in [0.3, 0.4) is 0 Å². The van der Waals surface area contributed by atoms with Crippen molar-refractivity contribution in [3.63, 3.8) is 0 Å². The molecule has 0 aliphatic rings. The van der Waals surface area contributed by atoms with Crippen LogP contribution in [0, 0.1) is 11.6 Å². The molecule has 1 heterocycles. The molecule has 1 N–H and O–H groups in total. The van der Waals surface area contributed by atoms with Gasteiger partial charge in [-0.25, -0.2) is 8.78 Å². The summed E-state index contributed by atoms with van der Waals surface area (Å²) in [6, 6.07) is 6.40. The second-order valence-corrected chi connectivity index (χ2v) is 3.67. The van der Waals surface area contributed by atoms with Crippen molar-refractivity contribution in [3.8, 4) is 5.75 Å². The number of aliphatic hydroxyl groups excluding tert-OH is 1. The smallest absolute Gasteiger partial charge is 0.138 e. The maximum atomic E-state index is 13.3. The largest absolute Gasteiger partial charge is 0.487 e. The Balaban J connectivity index is 2.04. The van der Waals surface area contributed by atoms with Gasteiger partial charge in [0.15, 0.2) is 0 Å². The number of benzene rings is 1. The summed E-state index contributed by atoms with van der Waals surface area (Å²) in [5.41, 5.74) is 0.653. The minimum Gasteiger partial charge on any atom is -0.487 e. The van der Waals surface area contributed by atoms with Gasteiger partial charge in [0.1, 0.15) is 24.0 Å². The van der Waals surface area contributed by atoms with Crippen molar-refractivity contribution >= 4 is 0 Å². The topological polar surface area (TPSA) is 42.4 Å². The molecule has 2 rings (SSSR count). The Bertz CT molecular complexity index is 529. The average Bonchev–Trinajstić information content (AvgIpc) is 2.40. The molecule has 3 nitrogen and oxygen atoms in total. The Hall–Kier alpha value is -2.01. The van der Waals surface area contributed by atoms with Crippen LogP contribution in [0.4, 0.5) is 8.78 Å². The molecule has 0 spiro atoms. The third-order valence-electron chi connectivity index (χ3n) is 2.36. The molecular formula is C13H11F2NO2. The van der Waals surface area contributed by atoms with E-state index < -0.39 is 11.6 Å². The summed E-state index contributed by atoms with van der Waals surface area (Å²) >= 11 is 0. The molecule has 1 aromatic carbocycles. The molecule has 0 saturated heterocycles. The van der Waals surface area contributed by atoms with E-state index in [4.69, 9.17) is 9.84 Å². The van der Waals surface area contributed by atoms with Crippen molar-refractivity contribution in [2.45, 2.75) is 13.2 Å². The predicted molar refractivity (Wildman–Crippen MR) is 60.8 cm³/mol. The molecule has 0 aliphatic carbocycles. The Morgan fingerprint density at radius 3 is 2.67 bits per heavy atom. The summed E-state index contributed by atoms with van der Waals surface area (Å²) in [6.45, 7) is -0.234. The Kier molecular flexibility index (Phi) is 3.84. The molecule has 1 aromatic heterocycles. The molecule has 0 saturated carbocycles. The molecule has 0 aliphatic heterocycles. The lowest BCUT2D eigenvalue weighted by Crippen LogP contribution is -2.00. The summed E-state index contributed by atoms with van der Waals surface area (Å²) in [4.78, 5) is 3.91. The molecule has 0 amide bonds. The van der Waals surface area contributed by atoms with Crippen LogP contribution in [0.5, 0.6) is 5.75 Å². The highest BCUT2D eigenvalue weighted by Gasteiger charge is 2.05. The van der Waals surface area contributed by atoms with E-state index >= 15 is 0 Å². The highest BCUT2D eigenvalue weighted by Crippen LogP contribution is 2.15. The zero-order chi connectivity index (χ0) is 13.0. The van der Waals surface area contributed by atoms with E-state index in [-0.39, 0.29) is 18.8 Å². The molecule has 94 valence electrons. The summed E-state index contributed by atoms with van der Waals surface area (Å²) in [5, 5.41) is 8.81. The highest BCUT2D eigenvalue weighted by molar-refractivity contribution is 5.22. The highest BCUT2D eigenvalue weighted by atomic mass is 19.1. The molecule has 18 heavy (non-hydrogen) atoms. The van der Waals surface area contributed by atoms with E-state index in [1.165, 1.54) is 6.20 Å². The maximum absolute atomic E-state index is 13.3. The van der Waals surface area contributed by atoms with Gasteiger partial charge in [0.25, 0.3) is 0 Å². The molecule has 2 aromatic rings. The van der Waals surface area contributed by atoms with Gasteiger partial charge < -0.3 is 9.84 Å². The van der Waals surface area contributed by atoms with Gasteiger partial charge in [0.2, 0.25) is 0 Å². The second-order valence-electron chi connectivity index (χ2n) is 3.67. The number of nitrogens with zero attached hydrogens (tertiary/aromatic N) is 1. The van der Waals surface area contributed by atoms with Gasteiger partial charge in [-0.05, 0) is 30.3 Å². The fourth-order valence-corrected chi connectivity index (χ4v) is 1.40. The SMILES string of the molecule is OCc1ccc(OCc2cc(F)ccc2F)cn1. The molecule has 0 fully saturated rings. The molecular weight excluding hydrogens is 240 g/mol. The number of ether oxygens (including phenoxy) is 1. The number of pyridine rings is 1. The lowest BCUT2D eigenvalue weighted by atomic mass is 10.2. The quantitative estimate of drug-likeness (QED) is 0.907. The van der Waals surface area contributed by atoms with Crippen LogP contribution >= 0.6 is 0 Å². The lowest BCUT2D eigenvalue weighted by molar-refractivity contribution is 0.274. The first kappa shape index (κ1) is 12.4. The lowest BCUT2D eigenvalue weighted by Gasteiger charge is -2.07. The van der Waals surface area contributed by atoms with Crippen LogP contribution in [0.15, 0.2) is 36.5 Å². The number of rotatable bonds is 4. The molecule has 0 radical (unpaired) electrons. The summed E-state index contributed by atoms with van der Waals surface area (Å²) in [7, 11) is 0. The third-order valence-corrected chi connectivity index (χ3v) is 2.36. The van der Waals surface area contributed by atoms with Gasteiger partial charge in [-0.15, -0.1) is 0 Å². The summed E-state index contributed by atoms with van der Waals surface area (Å²) in [5.74, 6) is -0.601. The van der Waals surface area contributed by atoms with E-state index in [9.17, 15) is 8.78 Å². The first-order valence-electron chi connectivity index (χ1n) is 5.31. The minimum atomic E-state index is -0.517. The standard InChI is InChI=1S/C13H11F2NO2/c14-10-1-4-13(15)9(5-10)8-18-12-3-2-11(7-17)16-6-12/h1-6,17H,7-8H2. The van der Waals surface area contributed by atoms with Gasteiger partial charge in [-0.2, -0.15) is 0 Å². The van der Waals surface area contributed by atoms with E-state index in [2.05, 4.69) is 4.98 Å². The van der Waals surface area contributed by atoms with Gasteiger partial charge in [-0.3, -0.25) is 4.98 Å². The summed E-state index contributed by atoms with van der Waals surface area (Å²) < 4.78 is 31.5. The number of aliphatic hydroxyl groups is 1. The van der Waals surface area contributed by atoms with E-state index in [0.29, 0.717) is 11.4 Å². The van der Waals surface area contributed by atoms with Crippen LogP contribution in [-0.2, 0) is 13.2 Å². The normalized spacial score (nSPS) is 10.4. The van der Waals surface area contributed by atoms with Crippen molar-refractivity contribution in [2.24, 2.45) is 0 Å². The van der Waals surface area contributed by atoms with E-state index in [0.717, 1.165) is 18.2 Å². The monoisotopic (exact) mass is 251 g/mol. The van der Waals surface area contributed by atoms with Crippen molar-refractivity contribution in [1.29, 1.82) is 0 Å². The third kappa shape index (κ3) is 3.01. The zero-order valence-corrected chi connectivity index (χ0v) is 9.44. The first-order chi connectivity index (χ1) is 8.69. The molecule has 5 heteroatoms. The van der Waals surface area contributed by atoms with Crippen LogP contribution in [-0.4, -0.2) is 10.1 Å². The Labute approximate surface area is 103 Å². The van der Waals surface area contributed by atoms with Crippen LogP contribution in [0.2, 0.25) is 0 Å². The van der Waals surface area contributed by atoms with Gasteiger partial charge in [-0.1, -0.05) is 0 Å². The Morgan fingerprint density at radius 1 is 1.17 bits per heavy atom. The zero-order valence-electron chi connectivity index (χ0n) is 9.44. The molecule has 0 unspecified atom stereocenters.